The third kappa shape index (κ3) is 5.75. The molecule has 0 radical (unpaired) electrons. The maximum Gasteiger partial charge on any atom is 0.701 e. The molecule has 0 aliphatic carbocycles. The van der Waals surface area contributed by atoms with Gasteiger partial charge in [0.25, 0.3) is 0 Å². The fourth-order valence-corrected chi connectivity index (χ4v) is 0.437. The van der Waals surface area contributed by atoms with Gasteiger partial charge >= 0.3 is 19.6 Å². The van der Waals surface area contributed by atoms with E-state index in [4.69, 9.17) is 5.26 Å². The van der Waals surface area contributed by atoms with Crippen LogP contribution in [0.2, 0.25) is 0 Å². The maximum atomic E-state index is 12.3. The Morgan fingerprint density at radius 2 is 1.76 bits per heavy atom. The quantitative estimate of drug-likeness (QED) is 0.226. The minimum Gasteiger partial charge on any atom is -0.316 e. The van der Waals surface area contributed by atoms with Gasteiger partial charge in [0.2, 0.25) is 0 Å². The van der Waals surface area contributed by atoms with Crippen LogP contribution in [0.15, 0.2) is 0 Å². The van der Waals surface area contributed by atoms with Gasteiger partial charge in [-0.25, -0.2) is 14.5 Å². The van der Waals surface area contributed by atoms with Crippen LogP contribution < -0.4 is 0 Å². The first-order valence-electron chi connectivity index (χ1n) is 3.71. The van der Waals surface area contributed by atoms with Gasteiger partial charge in [0, 0.05) is 0 Å². The average Bonchev–Trinajstić information content (AvgIpc) is 2.16. The number of alkyl halides is 5. The first kappa shape index (κ1) is 16.0. The average molecular weight is 265 g/mol. The monoisotopic (exact) mass is 265 g/mol. The zero-order valence-electron chi connectivity index (χ0n) is 8.16. The van der Waals surface area contributed by atoms with Crippen LogP contribution in [0.4, 0.5) is 22.0 Å². The van der Waals surface area contributed by atoms with Crippen molar-refractivity contribution < 1.29 is 46.0 Å². The van der Waals surface area contributed by atoms with E-state index in [1.165, 1.54) is 6.07 Å². The van der Waals surface area contributed by atoms with E-state index in [9.17, 15) is 22.0 Å². The standard InChI is InChI=1S/C5H5BF5NO5/c1-13-16-6(17-14-3-2-12)15-5(10,11)4(7,8)9/h3H2,1H3. The van der Waals surface area contributed by atoms with Crippen molar-refractivity contribution in [1.82, 2.24) is 0 Å². The van der Waals surface area contributed by atoms with Crippen molar-refractivity contribution in [3.8, 4) is 6.07 Å². The molecule has 0 saturated carbocycles. The van der Waals surface area contributed by atoms with E-state index >= 15 is 0 Å². The molecule has 0 N–H and O–H groups in total. The Labute approximate surface area is 91.8 Å². The summed E-state index contributed by atoms with van der Waals surface area (Å²) in [5.41, 5.74) is 0. The molecule has 0 amide bonds. The minimum atomic E-state index is -5.97. The Balaban J connectivity index is 4.38. The third-order valence-electron chi connectivity index (χ3n) is 1.02. The summed E-state index contributed by atoms with van der Waals surface area (Å²) in [5.74, 6) is 0. The highest BCUT2D eigenvalue weighted by Gasteiger charge is 2.62. The van der Waals surface area contributed by atoms with Gasteiger partial charge in [0.15, 0.2) is 6.61 Å². The summed E-state index contributed by atoms with van der Waals surface area (Å²) in [6.07, 6.45) is -11.5. The molecule has 0 unspecified atom stereocenters. The van der Waals surface area contributed by atoms with Crippen LogP contribution in [-0.2, 0) is 24.0 Å². The van der Waals surface area contributed by atoms with Crippen LogP contribution in [0.5, 0.6) is 0 Å². The smallest absolute Gasteiger partial charge is 0.316 e. The summed E-state index contributed by atoms with van der Waals surface area (Å²) < 4.78 is 62.9. The molecule has 0 aliphatic rings. The van der Waals surface area contributed by atoms with E-state index in [1.54, 1.807) is 0 Å². The molecule has 17 heavy (non-hydrogen) atoms. The Morgan fingerprint density at radius 1 is 1.18 bits per heavy atom. The van der Waals surface area contributed by atoms with Crippen LogP contribution in [0.3, 0.4) is 0 Å². The summed E-state index contributed by atoms with van der Waals surface area (Å²) in [6, 6.07) is 1.35. The van der Waals surface area contributed by atoms with Crippen LogP contribution in [0.25, 0.3) is 0 Å². The Hall–Kier alpha value is -0.995. The Bertz CT molecular complexity index is 268. The lowest BCUT2D eigenvalue weighted by Gasteiger charge is -2.21. The fourth-order valence-electron chi connectivity index (χ4n) is 0.437. The highest BCUT2D eigenvalue weighted by molar-refractivity contribution is 6.35. The molecule has 98 valence electrons. The van der Waals surface area contributed by atoms with E-state index in [0.717, 1.165) is 7.11 Å². The van der Waals surface area contributed by atoms with E-state index in [1.807, 2.05) is 0 Å². The van der Waals surface area contributed by atoms with Gasteiger partial charge in [-0.15, -0.1) is 0 Å². The molecule has 6 nitrogen and oxygen atoms in total. The molecule has 0 aromatic rings. The van der Waals surface area contributed by atoms with Gasteiger partial charge in [-0.05, 0) is 0 Å². The van der Waals surface area contributed by atoms with Crippen LogP contribution in [0.1, 0.15) is 0 Å². The second-order valence-electron chi connectivity index (χ2n) is 2.20. The van der Waals surface area contributed by atoms with Crippen molar-refractivity contribution in [2.45, 2.75) is 12.3 Å². The predicted molar refractivity (Wildman–Crippen MR) is 38.6 cm³/mol. The molecular formula is C5H5BF5NO5. The molecule has 0 aromatic carbocycles. The number of nitrogens with zero attached hydrogens (tertiary/aromatic N) is 1. The number of hydrogen-bond donors (Lipinski definition) is 0. The van der Waals surface area contributed by atoms with E-state index in [2.05, 4.69) is 24.0 Å². The number of nitriles is 1. The largest absolute Gasteiger partial charge is 0.701 e. The van der Waals surface area contributed by atoms with Crippen LogP contribution in [0, 0.1) is 11.3 Å². The lowest BCUT2D eigenvalue weighted by Crippen LogP contribution is -2.45. The zero-order valence-corrected chi connectivity index (χ0v) is 8.16. The topological polar surface area (TPSA) is 69.9 Å². The Kier molecular flexibility index (Phi) is 6.28. The maximum absolute atomic E-state index is 12.3. The number of rotatable bonds is 7. The van der Waals surface area contributed by atoms with Gasteiger partial charge in [0.05, 0.1) is 13.2 Å². The second kappa shape index (κ2) is 6.67. The predicted octanol–water partition coefficient (Wildman–Crippen LogP) is 1.19. The molecule has 0 aliphatic heterocycles. The van der Waals surface area contributed by atoms with E-state index in [0.29, 0.717) is 0 Å². The third-order valence-corrected chi connectivity index (χ3v) is 1.02. The van der Waals surface area contributed by atoms with Gasteiger partial charge < -0.3 is 4.65 Å². The molecule has 0 atom stereocenters. The van der Waals surface area contributed by atoms with Crippen molar-refractivity contribution in [3.63, 3.8) is 0 Å². The summed E-state index contributed by atoms with van der Waals surface area (Å²) in [7, 11) is -1.82. The summed E-state index contributed by atoms with van der Waals surface area (Å²) in [5, 5.41) is 7.97. The fraction of sp³-hybridized carbons (Fsp3) is 0.800. The van der Waals surface area contributed by atoms with Gasteiger partial charge in [-0.1, -0.05) is 0 Å². The molecule has 0 aromatic heterocycles. The van der Waals surface area contributed by atoms with Gasteiger partial charge in [0.1, 0.15) is 0 Å². The second-order valence-corrected chi connectivity index (χ2v) is 2.20. The lowest BCUT2D eigenvalue weighted by molar-refractivity contribution is -0.389. The normalized spacial score (nSPS) is 12.3. The number of halogens is 5. The zero-order chi connectivity index (χ0) is 13.5. The van der Waals surface area contributed by atoms with E-state index in [-0.39, 0.29) is 0 Å². The van der Waals surface area contributed by atoms with Crippen LogP contribution >= 0.6 is 0 Å². The van der Waals surface area contributed by atoms with Gasteiger partial charge in [-0.3, -0.25) is 4.89 Å². The van der Waals surface area contributed by atoms with Crippen LogP contribution in [-0.4, -0.2) is 33.3 Å². The van der Waals surface area contributed by atoms with Crippen molar-refractivity contribution in [2.24, 2.45) is 0 Å². The molecule has 0 bridgehead atoms. The van der Waals surface area contributed by atoms with Crippen molar-refractivity contribution in [3.05, 3.63) is 0 Å². The van der Waals surface area contributed by atoms with E-state index < -0.39 is 26.2 Å². The first-order valence-corrected chi connectivity index (χ1v) is 3.71. The minimum absolute atomic E-state index is 0.746. The summed E-state index contributed by atoms with van der Waals surface area (Å²) in [6.45, 7) is -0.746. The van der Waals surface area contributed by atoms with Crippen molar-refractivity contribution in [1.29, 1.82) is 5.26 Å². The molecule has 0 saturated heterocycles. The summed E-state index contributed by atoms with van der Waals surface area (Å²) in [4.78, 5) is 15.2. The highest BCUT2D eigenvalue weighted by Crippen LogP contribution is 2.36. The number of hydrogen-bond acceptors (Lipinski definition) is 6. The molecule has 0 rings (SSSR count). The SMILES string of the molecule is COOB(OOCC#N)OC(F)(F)C(F)(F)F. The van der Waals surface area contributed by atoms with Crippen molar-refractivity contribution in [2.75, 3.05) is 13.7 Å². The molecule has 0 heterocycles. The summed E-state index contributed by atoms with van der Waals surface area (Å²) >= 11 is 0. The molecular weight excluding hydrogens is 260 g/mol. The highest BCUT2D eigenvalue weighted by atomic mass is 19.4. The molecule has 12 heteroatoms. The van der Waals surface area contributed by atoms with Crippen molar-refractivity contribution >= 4 is 7.32 Å². The first-order chi connectivity index (χ1) is 7.74. The lowest BCUT2D eigenvalue weighted by atomic mass is 10.2. The van der Waals surface area contributed by atoms with Gasteiger partial charge in [-0.2, -0.15) is 27.2 Å². The molecule has 0 fully saturated rings. The molecule has 0 spiro atoms. The Morgan fingerprint density at radius 3 is 2.18 bits per heavy atom.